The number of carbonyl (C=O) groups is 2. The Bertz CT molecular complexity index is 972. The average Bonchev–Trinajstić information content (AvgIpc) is 3.04. The molecule has 0 aliphatic carbocycles. The zero-order valence-corrected chi connectivity index (χ0v) is 15.7. The molecule has 0 aliphatic heterocycles. The third kappa shape index (κ3) is 4.49. The Hall–Kier alpha value is -3.22. The minimum absolute atomic E-state index is 0.0984. The van der Waals surface area contributed by atoms with Gasteiger partial charge in [0.1, 0.15) is 5.82 Å². The van der Waals surface area contributed by atoms with Gasteiger partial charge >= 0.3 is 0 Å². The van der Waals surface area contributed by atoms with Gasteiger partial charge in [-0.1, -0.05) is 32.9 Å². The molecule has 0 radical (unpaired) electrons. The molecule has 2 N–H and O–H groups in total. The van der Waals surface area contributed by atoms with Crippen molar-refractivity contribution in [2.45, 2.75) is 27.2 Å². The molecule has 2 heterocycles. The van der Waals surface area contributed by atoms with Crippen LogP contribution in [0.5, 0.6) is 0 Å². The summed E-state index contributed by atoms with van der Waals surface area (Å²) in [4.78, 5) is 24.5. The van der Waals surface area contributed by atoms with Crippen LogP contribution in [0.25, 0.3) is 5.65 Å². The summed E-state index contributed by atoms with van der Waals surface area (Å²) < 4.78 is 1.90. The van der Waals surface area contributed by atoms with Crippen molar-refractivity contribution < 1.29 is 9.59 Å². The molecule has 3 aromatic rings. The van der Waals surface area contributed by atoms with Gasteiger partial charge in [-0.25, -0.2) is 0 Å². The first kappa shape index (κ1) is 18.6. The van der Waals surface area contributed by atoms with Crippen LogP contribution in [0.15, 0.2) is 48.7 Å². The van der Waals surface area contributed by atoms with Gasteiger partial charge in [-0.05, 0) is 30.3 Å². The van der Waals surface area contributed by atoms with Crippen LogP contribution in [0.3, 0.4) is 0 Å². The van der Waals surface area contributed by atoms with Crippen molar-refractivity contribution >= 4 is 23.1 Å². The number of aromatic nitrogens is 3. The molecule has 2 amide bonds. The van der Waals surface area contributed by atoms with Crippen molar-refractivity contribution in [1.82, 2.24) is 19.9 Å². The van der Waals surface area contributed by atoms with Gasteiger partial charge in [-0.15, -0.1) is 10.2 Å². The molecule has 0 fully saturated rings. The smallest absolute Gasteiger partial charge is 0.251 e. The van der Waals surface area contributed by atoms with E-state index < -0.39 is 5.41 Å². The molecule has 3 rings (SSSR count). The van der Waals surface area contributed by atoms with Gasteiger partial charge in [0.05, 0.1) is 0 Å². The van der Waals surface area contributed by atoms with E-state index in [2.05, 4.69) is 20.8 Å². The van der Waals surface area contributed by atoms with Crippen molar-refractivity contribution in [2.24, 2.45) is 5.41 Å². The summed E-state index contributed by atoms with van der Waals surface area (Å²) in [5.41, 5.74) is 1.37. The highest BCUT2D eigenvalue weighted by molar-refractivity contribution is 5.98. The number of hydrogen-bond donors (Lipinski definition) is 2. The summed E-state index contributed by atoms with van der Waals surface area (Å²) in [7, 11) is 0. The monoisotopic (exact) mass is 365 g/mol. The average molecular weight is 365 g/mol. The van der Waals surface area contributed by atoms with Gasteiger partial charge in [-0.2, -0.15) is 0 Å². The minimum Gasteiger partial charge on any atom is -0.352 e. The maximum Gasteiger partial charge on any atom is 0.251 e. The third-order valence-electron chi connectivity index (χ3n) is 4.08. The predicted octanol–water partition coefficient (Wildman–Crippen LogP) is 2.69. The third-order valence-corrected chi connectivity index (χ3v) is 4.08. The molecule has 0 saturated heterocycles. The molecule has 2 aromatic heterocycles. The van der Waals surface area contributed by atoms with E-state index in [1.165, 1.54) is 0 Å². The minimum atomic E-state index is -0.501. The Morgan fingerprint density at radius 3 is 2.67 bits per heavy atom. The Labute approximate surface area is 157 Å². The molecule has 0 unspecified atom stereocenters. The summed E-state index contributed by atoms with van der Waals surface area (Å²) in [6, 6.07) is 12.6. The second-order valence-electron chi connectivity index (χ2n) is 7.34. The van der Waals surface area contributed by atoms with E-state index in [-0.39, 0.29) is 11.8 Å². The lowest BCUT2D eigenvalue weighted by Gasteiger charge is -2.18. The van der Waals surface area contributed by atoms with Crippen LogP contribution in [0.2, 0.25) is 0 Å². The predicted molar refractivity (Wildman–Crippen MR) is 104 cm³/mol. The molecular weight excluding hydrogens is 342 g/mol. The van der Waals surface area contributed by atoms with E-state index in [9.17, 15) is 9.59 Å². The Morgan fingerprint density at radius 2 is 1.89 bits per heavy atom. The highest BCUT2D eigenvalue weighted by Gasteiger charge is 2.21. The van der Waals surface area contributed by atoms with Crippen LogP contribution in [0.1, 0.15) is 37.0 Å². The Balaban J connectivity index is 1.59. The van der Waals surface area contributed by atoms with E-state index in [1.54, 1.807) is 24.3 Å². The first-order chi connectivity index (χ1) is 12.8. The molecule has 0 atom stereocenters. The van der Waals surface area contributed by atoms with Crippen molar-refractivity contribution in [1.29, 1.82) is 0 Å². The van der Waals surface area contributed by atoms with Crippen molar-refractivity contribution in [3.05, 3.63) is 60.0 Å². The Kier molecular flexibility index (Phi) is 5.21. The lowest BCUT2D eigenvalue weighted by Crippen LogP contribution is -2.28. The Morgan fingerprint density at radius 1 is 1.07 bits per heavy atom. The number of nitrogens with zero attached hydrogens (tertiary/aromatic N) is 3. The van der Waals surface area contributed by atoms with E-state index in [0.717, 1.165) is 11.5 Å². The summed E-state index contributed by atoms with van der Waals surface area (Å²) in [6.07, 6.45) is 2.46. The zero-order chi connectivity index (χ0) is 19.4. The number of fused-ring (bicyclic) bond motifs is 1. The van der Waals surface area contributed by atoms with Gasteiger partial charge in [0.15, 0.2) is 5.65 Å². The largest absolute Gasteiger partial charge is 0.352 e. The molecule has 0 aliphatic rings. The van der Waals surface area contributed by atoms with Gasteiger partial charge in [-0.3, -0.25) is 14.0 Å². The fourth-order valence-electron chi connectivity index (χ4n) is 2.51. The summed E-state index contributed by atoms with van der Waals surface area (Å²) >= 11 is 0. The highest BCUT2D eigenvalue weighted by atomic mass is 16.2. The zero-order valence-electron chi connectivity index (χ0n) is 15.7. The number of rotatable bonds is 5. The standard InChI is InChI=1S/C20H23N5O2/c1-20(2,3)19(27)22-15-8-6-7-14(13-15)18(26)21-11-10-17-24-23-16-9-4-5-12-25(16)17/h4-9,12-13H,10-11H2,1-3H3,(H,21,26)(H,22,27). The van der Waals surface area contributed by atoms with Crippen molar-refractivity contribution in [3.8, 4) is 0 Å². The number of anilines is 1. The second kappa shape index (κ2) is 7.57. The van der Waals surface area contributed by atoms with Gasteiger partial charge in [0.2, 0.25) is 5.91 Å². The molecule has 1 aromatic carbocycles. The number of carbonyl (C=O) groups excluding carboxylic acids is 2. The molecule has 0 spiro atoms. The number of benzene rings is 1. The molecular formula is C20H23N5O2. The number of amides is 2. The molecule has 27 heavy (non-hydrogen) atoms. The van der Waals surface area contributed by atoms with E-state index in [1.807, 2.05) is 49.6 Å². The van der Waals surface area contributed by atoms with Gasteiger partial charge in [0, 0.05) is 35.8 Å². The lowest BCUT2D eigenvalue weighted by molar-refractivity contribution is -0.123. The van der Waals surface area contributed by atoms with Crippen LogP contribution >= 0.6 is 0 Å². The normalized spacial score (nSPS) is 11.4. The summed E-state index contributed by atoms with van der Waals surface area (Å²) in [5.74, 6) is 0.492. The fourth-order valence-corrected chi connectivity index (χ4v) is 2.51. The maximum atomic E-state index is 12.4. The van der Waals surface area contributed by atoms with Crippen LogP contribution in [0.4, 0.5) is 5.69 Å². The van der Waals surface area contributed by atoms with Crippen molar-refractivity contribution in [2.75, 3.05) is 11.9 Å². The summed E-state index contributed by atoms with van der Waals surface area (Å²) in [5, 5.41) is 14.0. The molecule has 7 heteroatoms. The van der Waals surface area contributed by atoms with Crippen LogP contribution in [-0.4, -0.2) is 33.0 Å². The summed E-state index contributed by atoms with van der Waals surface area (Å²) in [6.45, 7) is 5.96. The lowest BCUT2D eigenvalue weighted by atomic mass is 9.95. The number of hydrogen-bond acceptors (Lipinski definition) is 4. The maximum absolute atomic E-state index is 12.4. The van der Waals surface area contributed by atoms with Crippen molar-refractivity contribution in [3.63, 3.8) is 0 Å². The van der Waals surface area contributed by atoms with Crippen LogP contribution in [-0.2, 0) is 11.2 Å². The fraction of sp³-hybridized carbons (Fsp3) is 0.300. The first-order valence-corrected chi connectivity index (χ1v) is 8.83. The van der Waals surface area contributed by atoms with E-state index in [0.29, 0.717) is 24.2 Å². The molecule has 7 nitrogen and oxygen atoms in total. The van der Waals surface area contributed by atoms with E-state index >= 15 is 0 Å². The molecule has 0 bridgehead atoms. The van der Waals surface area contributed by atoms with Gasteiger partial charge in [0.25, 0.3) is 5.91 Å². The van der Waals surface area contributed by atoms with Gasteiger partial charge < -0.3 is 10.6 Å². The SMILES string of the molecule is CC(C)(C)C(=O)Nc1cccc(C(=O)NCCc2nnc3ccccn23)c1. The first-order valence-electron chi connectivity index (χ1n) is 8.83. The quantitative estimate of drug-likeness (QED) is 0.728. The van der Waals surface area contributed by atoms with Crippen LogP contribution < -0.4 is 10.6 Å². The second-order valence-corrected chi connectivity index (χ2v) is 7.34. The molecule has 0 saturated carbocycles. The highest BCUT2D eigenvalue weighted by Crippen LogP contribution is 2.18. The topological polar surface area (TPSA) is 88.4 Å². The number of pyridine rings is 1. The molecule has 140 valence electrons. The van der Waals surface area contributed by atoms with Crippen LogP contribution in [0, 0.1) is 5.41 Å². The van der Waals surface area contributed by atoms with E-state index in [4.69, 9.17) is 0 Å². The number of nitrogens with one attached hydrogen (secondary N) is 2.